The molecule has 104 valence electrons. The lowest BCUT2D eigenvalue weighted by Gasteiger charge is -2.21. The number of carbonyl (C=O) groups excluding carboxylic acids is 1. The standard InChI is InChI=1S/C15H22N2O2/c1-10-6-4-5-7-12(10)11(2)17-15(18)13-8-19-9-14(13)16-3/h4-7,11,13-14,16H,8-9H2,1-3H3,(H,17,18). The number of benzene rings is 1. The van der Waals surface area contributed by atoms with Crippen molar-refractivity contribution in [1.29, 1.82) is 0 Å². The number of hydrogen-bond acceptors (Lipinski definition) is 3. The van der Waals surface area contributed by atoms with Gasteiger partial charge in [-0.1, -0.05) is 24.3 Å². The fourth-order valence-electron chi connectivity index (χ4n) is 2.57. The third kappa shape index (κ3) is 3.14. The third-order valence-electron chi connectivity index (χ3n) is 3.80. The second-order valence-electron chi connectivity index (χ2n) is 5.13. The Kier molecular flexibility index (Phi) is 4.56. The molecule has 0 aliphatic carbocycles. The van der Waals surface area contributed by atoms with Crippen LogP contribution in [-0.4, -0.2) is 32.2 Å². The van der Waals surface area contributed by atoms with Crippen LogP contribution in [-0.2, 0) is 9.53 Å². The molecule has 1 aliphatic rings. The minimum atomic E-state index is -0.100. The van der Waals surface area contributed by atoms with Crippen molar-refractivity contribution in [2.24, 2.45) is 5.92 Å². The Labute approximate surface area is 114 Å². The third-order valence-corrected chi connectivity index (χ3v) is 3.80. The van der Waals surface area contributed by atoms with Gasteiger partial charge in [-0.3, -0.25) is 4.79 Å². The molecular formula is C15H22N2O2. The average Bonchev–Trinajstić information content (AvgIpc) is 2.87. The Morgan fingerprint density at radius 3 is 2.79 bits per heavy atom. The molecule has 0 radical (unpaired) electrons. The first kappa shape index (κ1) is 14.0. The minimum absolute atomic E-state index is 0.0202. The lowest BCUT2D eigenvalue weighted by molar-refractivity contribution is -0.126. The number of likely N-dealkylation sites (N-methyl/N-ethyl adjacent to an activating group) is 1. The zero-order chi connectivity index (χ0) is 13.8. The number of amides is 1. The van der Waals surface area contributed by atoms with Crippen LogP contribution in [0.15, 0.2) is 24.3 Å². The van der Waals surface area contributed by atoms with Crippen LogP contribution in [0.1, 0.15) is 24.1 Å². The molecular weight excluding hydrogens is 240 g/mol. The van der Waals surface area contributed by atoms with Gasteiger partial charge in [-0.05, 0) is 32.0 Å². The Bertz CT molecular complexity index is 448. The predicted octanol–water partition coefficient (Wildman–Crippen LogP) is 1.41. The van der Waals surface area contributed by atoms with Crippen molar-refractivity contribution in [2.75, 3.05) is 20.3 Å². The summed E-state index contributed by atoms with van der Waals surface area (Å²) in [5.41, 5.74) is 2.36. The number of nitrogens with one attached hydrogen (secondary N) is 2. The van der Waals surface area contributed by atoms with Crippen LogP contribution < -0.4 is 10.6 Å². The molecule has 2 rings (SSSR count). The molecule has 3 atom stereocenters. The molecule has 0 saturated carbocycles. The molecule has 1 fully saturated rings. The van der Waals surface area contributed by atoms with Crippen molar-refractivity contribution in [3.63, 3.8) is 0 Å². The molecule has 1 heterocycles. The van der Waals surface area contributed by atoms with Crippen molar-refractivity contribution in [1.82, 2.24) is 10.6 Å². The number of ether oxygens (including phenoxy) is 1. The summed E-state index contributed by atoms with van der Waals surface area (Å²) in [5, 5.41) is 6.22. The molecule has 0 bridgehead atoms. The quantitative estimate of drug-likeness (QED) is 0.862. The number of hydrogen-bond donors (Lipinski definition) is 2. The van der Waals surface area contributed by atoms with Crippen molar-refractivity contribution in [3.05, 3.63) is 35.4 Å². The largest absolute Gasteiger partial charge is 0.379 e. The van der Waals surface area contributed by atoms with E-state index < -0.39 is 0 Å². The van der Waals surface area contributed by atoms with E-state index in [0.717, 1.165) is 5.56 Å². The molecule has 4 heteroatoms. The van der Waals surface area contributed by atoms with Crippen LogP contribution in [0.25, 0.3) is 0 Å². The van der Waals surface area contributed by atoms with Gasteiger partial charge < -0.3 is 15.4 Å². The monoisotopic (exact) mass is 262 g/mol. The maximum absolute atomic E-state index is 12.3. The lowest BCUT2D eigenvalue weighted by atomic mass is 9.99. The molecule has 1 saturated heterocycles. The van der Waals surface area contributed by atoms with Crippen molar-refractivity contribution < 1.29 is 9.53 Å². The van der Waals surface area contributed by atoms with E-state index in [9.17, 15) is 4.79 Å². The highest BCUT2D eigenvalue weighted by Crippen LogP contribution is 2.19. The number of aryl methyl sites for hydroxylation is 1. The van der Waals surface area contributed by atoms with Crippen LogP contribution in [0, 0.1) is 12.8 Å². The molecule has 1 amide bonds. The molecule has 1 aliphatic heterocycles. The van der Waals surface area contributed by atoms with E-state index in [4.69, 9.17) is 4.74 Å². The smallest absolute Gasteiger partial charge is 0.227 e. The van der Waals surface area contributed by atoms with Crippen LogP contribution in [0.2, 0.25) is 0 Å². The Balaban J connectivity index is 2.01. The second kappa shape index (κ2) is 6.17. The summed E-state index contributed by atoms with van der Waals surface area (Å²) in [6.07, 6.45) is 0. The SMILES string of the molecule is CNC1COCC1C(=O)NC(C)c1ccccc1C. The first-order valence-electron chi connectivity index (χ1n) is 6.74. The van der Waals surface area contributed by atoms with E-state index in [1.807, 2.05) is 26.1 Å². The zero-order valence-electron chi connectivity index (χ0n) is 11.8. The fourth-order valence-corrected chi connectivity index (χ4v) is 2.57. The molecule has 0 spiro atoms. The van der Waals surface area contributed by atoms with E-state index in [0.29, 0.717) is 13.2 Å². The Morgan fingerprint density at radius 1 is 1.37 bits per heavy atom. The fraction of sp³-hybridized carbons (Fsp3) is 0.533. The summed E-state index contributed by atoms with van der Waals surface area (Å²) in [6.45, 7) is 5.18. The Morgan fingerprint density at radius 2 is 2.11 bits per heavy atom. The maximum atomic E-state index is 12.3. The minimum Gasteiger partial charge on any atom is -0.379 e. The molecule has 2 N–H and O–H groups in total. The molecule has 1 aromatic rings. The molecule has 3 unspecified atom stereocenters. The van der Waals surface area contributed by atoms with Crippen LogP contribution in [0.5, 0.6) is 0 Å². The summed E-state index contributed by atoms with van der Waals surface area (Å²) in [7, 11) is 1.87. The van der Waals surface area contributed by atoms with E-state index in [1.165, 1.54) is 5.56 Å². The highest BCUT2D eigenvalue weighted by Gasteiger charge is 2.33. The van der Waals surface area contributed by atoms with Gasteiger partial charge in [-0.2, -0.15) is 0 Å². The van der Waals surface area contributed by atoms with Crippen molar-refractivity contribution >= 4 is 5.91 Å². The lowest BCUT2D eigenvalue weighted by Crippen LogP contribution is -2.43. The van der Waals surface area contributed by atoms with Gasteiger partial charge in [0.1, 0.15) is 0 Å². The molecule has 0 aromatic heterocycles. The first-order valence-corrected chi connectivity index (χ1v) is 6.74. The van der Waals surface area contributed by atoms with Crippen molar-refractivity contribution in [3.8, 4) is 0 Å². The first-order chi connectivity index (χ1) is 9.13. The van der Waals surface area contributed by atoms with Gasteiger partial charge in [0.05, 0.1) is 25.2 Å². The average molecular weight is 262 g/mol. The number of carbonyl (C=O) groups is 1. The van der Waals surface area contributed by atoms with E-state index in [1.54, 1.807) is 0 Å². The summed E-state index contributed by atoms with van der Waals surface area (Å²) >= 11 is 0. The summed E-state index contributed by atoms with van der Waals surface area (Å²) in [6, 6.07) is 8.26. The summed E-state index contributed by atoms with van der Waals surface area (Å²) in [5.74, 6) is -0.0379. The number of rotatable bonds is 4. The predicted molar refractivity (Wildman–Crippen MR) is 74.9 cm³/mol. The second-order valence-corrected chi connectivity index (χ2v) is 5.13. The van der Waals surface area contributed by atoms with Gasteiger partial charge in [0.25, 0.3) is 0 Å². The van der Waals surface area contributed by atoms with E-state index in [-0.39, 0.29) is 23.9 Å². The van der Waals surface area contributed by atoms with Crippen molar-refractivity contribution in [2.45, 2.75) is 25.9 Å². The molecule has 1 aromatic carbocycles. The van der Waals surface area contributed by atoms with Crippen LogP contribution >= 0.6 is 0 Å². The maximum Gasteiger partial charge on any atom is 0.227 e. The molecule has 4 nitrogen and oxygen atoms in total. The van der Waals surface area contributed by atoms with Gasteiger partial charge in [-0.25, -0.2) is 0 Å². The topological polar surface area (TPSA) is 50.4 Å². The van der Waals surface area contributed by atoms with E-state index >= 15 is 0 Å². The summed E-state index contributed by atoms with van der Waals surface area (Å²) in [4.78, 5) is 12.3. The van der Waals surface area contributed by atoms with Gasteiger partial charge in [-0.15, -0.1) is 0 Å². The van der Waals surface area contributed by atoms with Gasteiger partial charge in [0.2, 0.25) is 5.91 Å². The van der Waals surface area contributed by atoms with Gasteiger partial charge in [0, 0.05) is 6.04 Å². The summed E-state index contributed by atoms with van der Waals surface area (Å²) < 4.78 is 5.37. The highest BCUT2D eigenvalue weighted by molar-refractivity contribution is 5.80. The van der Waals surface area contributed by atoms with Crippen LogP contribution in [0.3, 0.4) is 0 Å². The highest BCUT2D eigenvalue weighted by atomic mass is 16.5. The van der Waals surface area contributed by atoms with Gasteiger partial charge >= 0.3 is 0 Å². The van der Waals surface area contributed by atoms with Crippen LogP contribution in [0.4, 0.5) is 0 Å². The molecule has 19 heavy (non-hydrogen) atoms. The zero-order valence-corrected chi connectivity index (χ0v) is 11.8. The Hall–Kier alpha value is -1.39. The normalized spacial score (nSPS) is 24.2. The van der Waals surface area contributed by atoms with E-state index in [2.05, 4.69) is 29.7 Å². The van der Waals surface area contributed by atoms with Gasteiger partial charge in [0.15, 0.2) is 0 Å².